The zero-order valence-electron chi connectivity index (χ0n) is 44.3. The highest BCUT2D eigenvalue weighted by Crippen LogP contribution is 2.14. The summed E-state index contributed by atoms with van der Waals surface area (Å²) in [6.07, 6.45) is 74.4. The lowest BCUT2D eigenvalue weighted by atomic mass is 10.1. The van der Waals surface area contributed by atoms with E-state index in [1.807, 2.05) is 0 Å². The van der Waals surface area contributed by atoms with Crippen molar-refractivity contribution in [2.75, 3.05) is 13.2 Å². The van der Waals surface area contributed by atoms with Gasteiger partial charge in [-0.3, -0.25) is 14.4 Å². The SMILES string of the molecule is CC/C=C\C/C=C\C/C=C\C/C=C\C/C=C\C/C=C\C/C=C\CCCCCCCCCC(=O)OCC(COC(=O)CCCCCCC)OC(=O)CCCCCCC/C=C\CCCCCCCCC. The lowest BCUT2D eigenvalue weighted by Gasteiger charge is -2.18. The van der Waals surface area contributed by atoms with Crippen LogP contribution in [0.4, 0.5) is 0 Å². The minimum atomic E-state index is -0.783. The summed E-state index contributed by atoms with van der Waals surface area (Å²) in [4.78, 5) is 37.7. The summed E-state index contributed by atoms with van der Waals surface area (Å²) >= 11 is 0. The molecule has 0 aromatic heterocycles. The molecule has 0 radical (unpaired) electrons. The predicted molar refractivity (Wildman–Crippen MR) is 293 cm³/mol. The molecule has 0 aliphatic heterocycles. The van der Waals surface area contributed by atoms with Crippen molar-refractivity contribution < 1.29 is 28.6 Å². The van der Waals surface area contributed by atoms with Crippen LogP contribution in [0.15, 0.2) is 97.2 Å². The van der Waals surface area contributed by atoms with Gasteiger partial charge in [-0.2, -0.15) is 0 Å². The molecule has 0 saturated heterocycles. The van der Waals surface area contributed by atoms with E-state index in [1.54, 1.807) is 0 Å². The van der Waals surface area contributed by atoms with Crippen LogP contribution in [-0.2, 0) is 28.6 Å². The van der Waals surface area contributed by atoms with E-state index in [0.717, 1.165) is 128 Å². The normalized spacial score (nSPS) is 12.8. The molecule has 1 atom stereocenters. The first-order valence-corrected chi connectivity index (χ1v) is 28.2. The highest BCUT2D eigenvalue weighted by molar-refractivity contribution is 5.71. The highest BCUT2D eigenvalue weighted by atomic mass is 16.6. The smallest absolute Gasteiger partial charge is 0.306 e. The molecule has 0 amide bonds. The van der Waals surface area contributed by atoms with Crippen molar-refractivity contribution in [1.29, 1.82) is 0 Å². The molecular weight excluding hydrogens is 841 g/mol. The molecule has 1 unspecified atom stereocenters. The van der Waals surface area contributed by atoms with Crippen molar-refractivity contribution in [3.8, 4) is 0 Å². The summed E-state index contributed by atoms with van der Waals surface area (Å²) in [5.74, 6) is -0.918. The summed E-state index contributed by atoms with van der Waals surface area (Å²) < 4.78 is 16.7. The molecule has 0 aliphatic rings. The van der Waals surface area contributed by atoms with Crippen molar-refractivity contribution in [2.24, 2.45) is 0 Å². The van der Waals surface area contributed by atoms with Crippen molar-refractivity contribution in [2.45, 2.75) is 264 Å². The molecule has 0 fully saturated rings. The van der Waals surface area contributed by atoms with E-state index in [-0.39, 0.29) is 31.1 Å². The first-order valence-electron chi connectivity index (χ1n) is 28.2. The molecule has 0 bridgehead atoms. The third-order valence-electron chi connectivity index (χ3n) is 11.8. The number of unbranched alkanes of at least 4 members (excludes halogenated alkanes) is 23. The van der Waals surface area contributed by atoms with Gasteiger partial charge in [0.05, 0.1) is 0 Å². The fourth-order valence-electron chi connectivity index (χ4n) is 7.59. The number of carbonyl (C=O) groups is 3. The fourth-order valence-corrected chi connectivity index (χ4v) is 7.59. The lowest BCUT2D eigenvalue weighted by Crippen LogP contribution is -2.30. The van der Waals surface area contributed by atoms with E-state index in [2.05, 4.69) is 118 Å². The lowest BCUT2D eigenvalue weighted by molar-refractivity contribution is -0.167. The van der Waals surface area contributed by atoms with E-state index in [4.69, 9.17) is 14.2 Å². The van der Waals surface area contributed by atoms with Crippen molar-refractivity contribution >= 4 is 17.9 Å². The number of esters is 3. The Hall–Kier alpha value is -3.67. The van der Waals surface area contributed by atoms with Crippen LogP contribution in [0.3, 0.4) is 0 Å². The maximum absolute atomic E-state index is 12.7. The molecule has 0 N–H and O–H groups in total. The molecule has 0 heterocycles. The molecule has 0 rings (SSSR count). The molecule has 68 heavy (non-hydrogen) atoms. The Balaban J connectivity index is 4.13. The van der Waals surface area contributed by atoms with Gasteiger partial charge >= 0.3 is 17.9 Å². The van der Waals surface area contributed by atoms with Crippen LogP contribution >= 0.6 is 0 Å². The van der Waals surface area contributed by atoms with Crippen LogP contribution in [0.25, 0.3) is 0 Å². The summed E-state index contributed by atoms with van der Waals surface area (Å²) in [6, 6.07) is 0. The topological polar surface area (TPSA) is 78.9 Å². The van der Waals surface area contributed by atoms with Gasteiger partial charge in [0.1, 0.15) is 13.2 Å². The minimum absolute atomic E-state index is 0.0848. The summed E-state index contributed by atoms with van der Waals surface area (Å²) in [5, 5.41) is 0. The number of allylic oxidation sites excluding steroid dienone is 16. The minimum Gasteiger partial charge on any atom is -0.462 e. The van der Waals surface area contributed by atoms with Crippen LogP contribution in [0, 0.1) is 0 Å². The van der Waals surface area contributed by atoms with Gasteiger partial charge in [-0.25, -0.2) is 0 Å². The molecular formula is C62H104O6. The van der Waals surface area contributed by atoms with E-state index >= 15 is 0 Å². The zero-order valence-corrected chi connectivity index (χ0v) is 44.3. The van der Waals surface area contributed by atoms with Gasteiger partial charge < -0.3 is 14.2 Å². The molecule has 6 nitrogen and oxygen atoms in total. The van der Waals surface area contributed by atoms with Gasteiger partial charge in [-0.05, 0) is 103 Å². The van der Waals surface area contributed by atoms with Crippen LogP contribution in [0.5, 0.6) is 0 Å². The standard InChI is InChI=1S/C62H104O6/c1-4-7-10-13-15-17-19-21-23-25-26-27-28-29-30-31-32-33-34-35-36-37-39-40-42-44-46-49-52-55-61(64)67-58-59(57-66-60(63)54-51-48-12-9-6-3)68-62(65)56-53-50-47-45-43-41-38-24-22-20-18-16-14-11-8-5-2/h7,10,15,17,21,23-24,26-27,29-30,32-33,35-36,38,59H,4-6,8-9,11-14,16,18-20,22,25,28,31,34,37,39-58H2,1-3H3/b10-7-,17-15-,23-21-,27-26-,30-29-,33-32-,36-35-,38-24-. The number of ether oxygens (including phenoxy) is 3. The first-order chi connectivity index (χ1) is 33.5. The molecule has 6 heteroatoms. The van der Waals surface area contributed by atoms with Crippen LogP contribution in [-0.4, -0.2) is 37.2 Å². The fraction of sp³-hybridized carbons (Fsp3) is 0.694. The van der Waals surface area contributed by atoms with E-state index in [0.29, 0.717) is 19.3 Å². The van der Waals surface area contributed by atoms with Gasteiger partial charge in [-0.1, -0.05) is 234 Å². The maximum atomic E-state index is 12.7. The third-order valence-corrected chi connectivity index (χ3v) is 11.8. The largest absolute Gasteiger partial charge is 0.462 e. The third kappa shape index (κ3) is 53.3. The Morgan fingerprint density at radius 2 is 0.574 bits per heavy atom. The van der Waals surface area contributed by atoms with E-state index in [1.165, 1.54) is 89.9 Å². The summed E-state index contributed by atoms with van der Waals surface area (Å²) in [5.41, 5.74) is 0. The number of rotatable bonds is 50. The second-order valence-electron chi connectivity index (χ2n) is 18.5. The quantitative estimate of drug-likeness (QED) is 0.0262. The Bertz CT molecular complexity index is 1360. The Kier molecular flexibility index (Phi) is 52.9. The Labute approximate surface area is 419 Å². The average molecular weight is 946 g/mol. The van der Waals surface area contributed by atoms with Gasteiger partial charge in [0.25, 0.3) is 0 Å². The molecule has 0 saturated carbocycles. The van der Waals surface area contributed by atoms with Gasteiger partial charge in [-0.15, -0.1) is 0 Å². The van der Waals surface area contributed by atoms with Gasteiger partial charge in [0.2, 0.25) is 0 Å². The van der Waals surface area contributed by atoms with Crippen LogP contribution < -0.4 is 0 Å². The first kappa shape index (κ1) is 64.3. The van der Waals surface area contributed by atoms with Crippen LogP contribution in [0.2, 0.25) is 0 Å². The number of carbonyl (C=O) groups excluding carboxylic acids is 3. The molecule has 0 aromatic carbocycles. The van der Waals surface area contributed by atoms with Crippen molar-refractivity contribution in [3.05, 3.63) is 97.2 Å². The maximum Gasteiger partial charge on any atom is 0.306 e. The number of hydrogen-bond acceptors (Lipinski definition) is 6. The Morgan fingerprint density at radius 1 is 0.309 bits per heavy atom. The summed E-state index contributed by atoms with van der Waals surface area (Å²) in [6.45, 7) is 6.42. The Morgan fingerprint density at radius 3 is 0.912 bits per heavy atom. The van der Waals surface area contributed by atoms with Crippen LogP contribution in [0.1, 0.15) is 258 Å². The second-order valence-corrected chi connectivity index (χ2v) is 18.5. The van der Waals surface area contributed by atoms with Crippen molar-refractivity contribution in [3.63, 3.8) is 0 Å². The van der Waals surface area contributed by atoms with Crippen molar-refractivity contribution in [1.82, 2.24) is 0 Å². The monoisotopic (exact) mass is 945 g/mol. The zero-order chi connectivity index (χ0) is 49.3. The average Bonchev–Trinajstić information content (AvgIpc) is 3.34. The van der Waals surface area contributed by atoms with Gasteiger partial charge in [0.15, 0.2) is 6.10 Å². The highest BCUT2D eigenvalue weighted by Gasteiger charge is 2.19. The van der Waals surface area contributed by atoms with E-state index in [9.17, 15) is 14.4 Å². The van der Waals surface area contributed by atoms with E-state index < -0.39 is 6.10 Å². The molecule has 0 spiro atoms. The molecule has 388 valence electrons. The van der Waals surface area contributed by atoms with Gasteiger partial charge in [0, 0.05) is 19.3 Å². The molecule has 0 aromatic rings. The molecule has 0 aliphatic carbocycles. The summed E-state index contributed by atoms with van der Waals surface area (Å²) in [7, 11) is 0. The number of hydrogen-bond donors (Lipinski definition) is 0. The predicted octanol–water partition coefficient (Wildman–Crippen LogP) is 18.9. The second kappa shape index (κ2) is 55.9.